The molecule has 1 N–H and O–H groups in total. The second-order valence-electron chi connectivity index (χ2n) is 2.00. The van der Waals surface area contributed by atoms with E-state index in [-0.39, 0.29) is 9.45 Å². The molecule has 0 aliphatic rings. The molecule has 0 saturated carbocycles. The molecule has 0 aliphatic carbocycles. The second-order valence-corrected chi connectivity index (χ2v) is 3.03. The van der Waals surface area contributed by atoms with Gasteiger partial charge in [0, 0.05) is 0 Å². The highest BCUT2D eigenvalue weighted by Gasteiger charge is 2.32. The molecular formula is C6H3F3INO. The Morgan fingerprint density at radius 2 is 1.92 bits per heavy atom. The van der Waals surface area contributed by atoms with Gasteiger partial charge < -0.3 is 5.11 Å². The number of halogens is 4. The van der Waals surface area contributed by atoms with Crippen molar-refractivity contribution in [2.24, 2.45) is 0 Å². The zero-order chi connectivity index (χ0) is 9.35. The number of alkyl halides is 3. The summed E-state index contributed by atoms with van der Waals surface area (Å²) in [5.41, 5.74) is -0.996. The average Bonchev–Trinajstić information content (AvgIpc) is 1.92. The zero-order valence-electron chi connectivity index (χ0n) is 5.56. The normalized spacial score (nSPS) is 11.7. The van der Waals surface area contributed by atoms with Crippen molar-refractivity contribution in [3.05, 3.63) is 21.5 Å². The number of pyridine rings is 1. The van der Waals surface area contributed by atoms with Gasteiger partial charge in [-0.3, -0.25) is 0 Å². The Balaban J connectivity index is 3.14. The molecule has 0 bridgehead atoms. The summed E-state index contributed by atoms with van der Waals surface area (Å²) in [6.07, 6.45) is -4.45. The van der Waals surface area contributed by atoms with Crippen LogP contribution in [0.3, 0.4) is 0 Å². The molecular weight excluding hydrogens is 286 g/mol. The van der Waals surface area contributed by atoms with Gasteiger partial charge in [-0.05, 0) is 34.7 Å². The van der Waals surface area contributed by atoms with Crippen LogP contribution < -0.4 is 0 Å². The second kappa shape index (κ2) is 3.08. The minimum atomic E-state index is -4.45. The van der Waals surface area contributed by atoms with Gasteiger partial charge in [0.1, 0.15) is 15.1 Å². The Bertz CT molecular complexity index is 299. The molecule has 6 heteroatoms. The van der Waals surface area contributed by atoms with Gasteiger partial charge in [-0.2, -0.15) is 13.2 Å². The first kappa shape index (κ1) is 9.56. The lowest BCUT2D eigenvalue weighted by Gasteiger charge is -2.05. The van der Waals surface area contributed by atoms with Gasteiger partial charge in [0.15, 0.2) is 0 Å². The molecule has 0 fully saturated rings. The van der Waals surface area contributed by atoms with Gasteiger partial charge >= 0.3 is 6.18 Å². The number of hydrogen-bond donors (Lipinski definition) is 1. The van der Waals surface area contributed by atoms with Crippen LogP contribution in [0.2, 0.25) is 0 Å². The van der Waals surface area contributed by atoms with Crippen molar-refractivity contribution in [1.82, 2.24) is 4.98 Å². The average molecular weight is 289 g/mol. The van der Waals surface area contributed by atoms with Crippen LogP contribution in [0, 0.1) is 3.70 Å². The summed E-state index contributed by atoms with van der Waals surface area (Å²) in [5, 5.41) is 8.87. The van der Waals surface area contributed by atoms with Crippen molar-refractivity contribution in [3.8, 4) is 5.75 Å². The number of nitrogens with zero attached hydrogens (tertiary/aromatic N) is 1. The first-order valence-corrected chi connectivity index (χ1v) is 3.92. The Kier molecular flexibility index (Phi) is 2.45. The van der Waals surface area contributed by atoms with Crippen molar-refractivity contribution >= 4 is 22.6 Å². The van der Waals surface area contributed by atoms with Gasteiger partial charge in [-0.15, -0.1) is 0 Å². The summed E-state index contributed by atoms with van der Waals surface area (Å²) < 4.78 is 35.8. The lowest BCUT2D eigenvalue weighted by Crippen LogP contribution is -2.08. The van der Waals surface area contributed by atoms with Crippen LogP contribution >= 0.6 is 22.6 Å². The first-order chi connectivity index (χ1) is 5.41. The molecule has 0 aromatic carbocycles. The van der Waals surface area contributed by atoms with E-state index in [0.717, 1.165) is 12.1 Å². The van der Waals surface area contributed by atoms with Crippen LogP contribution in [-0.4, -0.2) is 10.1 Å². The Labute approximate surface area is 79.6 Å². The largest absolute Gasteiger partial charge is 0.505 e. The summed E-state index contributed by atoms with van der Waals surface area (Å²) in [4.78, 5) is 3.16. The van der Waals surface area contributed by atoms with Crippen LogP contribution in [0.1, 0.15) is 5.69 Å². The predicted octanol–water partition coefficient (Wildman–Crippen LogP) is 2.41. The van der Waals surface area contributed by atoms with Gasteiger partial charge in [0.2, 0.25) is 0 Å². The molecule has 1 heterocycles. The third kappa shape index (κ3) is 1.99. The van der Waals surface area contributed by atoms with E-state index in [1.54, 1.807) is 0 Å². The third-order valence-corrected chi connectivity index (χ3v) is 1.91. The molecule has 66 valence electrons. The van der Waals surface area contributed by atoms with E-state index in [4.69, 9.17) is 5.11 Å². The maximum absolute atomic E-state index is 12.0. The van der Waals surface area contributed by atoms with Gasteiger partial charge in [-0.25, -0.2) is 4.98 Å². The first-order valence-electron chi connectivity index (χ1n) is 2.84. The summed E-state index contributed by atoms with van der Waals surface area (Å²) in [6.45, 7) is 0. The lowest BCUT2D eigenvalue weighted by molar-refractivity contribution is -0.141. The highest BCUT2D eigenvalue weighted by atomic mass is 127. The fraction of sp³-hybridized carbons (Fsp3) is 0.167. The smallest absolute Gasteiger partial charge is 0.433 e. The topological polar surface area (TPSA) is 33.1 Å². The zero-order valence-corrected chi connectivity index (χ0v) is 7.72. The molecule has 1 aromatic rings. The van der Waals surface area contributed by atoms with Gasteiger partial charge in [0.05, 0.1) is 0 Å². The quantitative estimate of drug-likeness (QED) is 0.587. The standard InChI is InChI=1S/C6H3F3INO/c7-6(8,9)4-2-1-3(12)5(10)11-4/h1-2,12H. The van der Waals surface area contributed by atoms with E-state index in [1.165, 1.54) is 22.6 Å². The minimum absolute atomic E-state index is 0.0533. The molecule has 0 aliphatic heterocycles. The maximum atomic E-state index is 12.0. The Hall–Kier alpha value is -0.530. The van der Waals surface area contributed by atoms with E-state index in [0.29, 0.717) is 0 Å². The number of rotatable bonds is 0. The lowest BCUT2D eigenvalue weighted by atomic mass is 10.3. The highest BCUT2D eigenvalue weighted by Crippen LogP contribution is 2.29. The van der Waals surface area contributed by atoms with Crippen molar-refractivity contribution in [2.45, 2.75) is 6.18 Å². The van der Waals surface area contributed by atoms with Gasteiger partial charge in [0.25, 0.3) is 0 Å². The summed E-state index contributed by atoms with van der Waals surface area (Å²) in [5.74, 6) is -0.247. The van der Waals surface area contributed by atoms with E-state index in [1.807, 2.05) is 0 Å². The molecule has 0 atom stereocenters. The molecule has 0 unspecified atom stereocenters. The summed E-state index contributed by atoms with van der Waals surface area (Å²) in [7, 11) is 0. The Morgan fingerprint density at radius 1 is 1.33 bits per heavy atom. The van der Waals surface area contributed by atoms with Crippen LogP contribution in [-0.2, 0) is 6.18 Å². The summed E-state index contributed by atoms with van der Waals surface area (Å²) >= 11 is 1.53. The van der Waals surface area contributed by atoms with Crippen LogP contribution in [0.4, 0.5) is 13.2 Å². The third-order valence-electron chi connectivity index (χ3n) is 1.12. The molecule has 0 saturated heterocycles. The molecule has 1 aromatic heterocycles. The minimum Gasteiger partial charge on any atom is -0.505 e. The summed E-state index contributed by atoms with van der Waals surface area (Å²) in [6, 6.07) is 1.70. The number of hydrogen-bond acceptors (Lipinski definition) is 2. The fourth-order valence-electron chi connectivity index (χ4n) is 0.585. The van der Waals surface area contributed by atoms with Crippen molar-refractivity contribution in [2.75, 3.05) is 0 Å². The highest BCUT2D eigenvalue weighted by molar-refractivity contribution is 14.1. The SMILES string of the molecule is Oc1ccc(C(F)(F)F)nc1I. The Morgan fingerprint density at radius 3 is 2.33 bits per heavy atom. The predicted molar refractivity (Wildman–Crippen MR) is 43.6 cm³/mol. The van der Waals surface area contributed by atoms with E-state index in [9.17, 15) is 13.2 Å². The molecule has 2 nitrogen and oxygen atoms in total. The van der Waals surface area contributed by atoms with Gasteiger partial charge in [-0.1, -0.05) is 0 Å². The monoisotopic (exact) mass is 289 g/mol. The van der Waals surface area contributed by atoms with Crippen LogP contribution in [0.15, 0.2) is 12.1 Å². The molecule has 0 amide bonds. The van der Waals surface area contributed by atoms with Crippen LogP contribution in [0.25, 0.3) is 0 Å². The molecule has 1 rings (SSSR count). The van der Waals surface area contributed by atoms with E-state index >= 15 is 0 Å². The number of aromatic hydroxyl groups is 1. The fourth-order valence-corrected chi connectivity index (χ4v) is 1.02. The van der Waals surface area contributed by atoms with E-state index in [2.05, 4.69) is 4.98 Å². The molecule has 0 spiro atoms. The van der Waals surface area contributed by atoms with E-state index < -0.39 is 11.9 Å². The van der Waals surface area contributed by atoms with Crippen molar-refractivity contribution in [1.29, 1.82) is 0 Å². The van der Waals surface area contributed by atoms with Crippen LogP contribution in [0.5, 0.6) is 5.75 Å². The van der Waals surface area contributed by atoms with Crippen molar-refractivity contribution < 1.29 is 18.3 Å². The molecule has 0 radical (unpaired) electrons. The van der Waals surface area contributed by atoms with Crippen molar-refractivity contribution in [3.63, 3.8) is 0 Å². The maximum Gasteiger partial charge on any atom is 0.433 e. The number of aromatic nitrogens is 1. The molecule has 12 heavy (non-hydrogen) atoms.